The first-order valence-electron chi connectivity index (χ1n) is 9.41. The molecule has 0 amide bonds. The van der Waals surface area contributed by atoms with Gasteiger partial charge in [0.15, 0.2) is 17.1 Å². The number of hydrogen-bond acceptors (Lipinski definition) is 9. The van der Waals surface area contributed by atoms with Gasteiger partial charge < -0.3 is 19.4 Å². The van der Waals surface area contributed by atoms with Gasteiger partial charge >= 0.3 is 15.6 Å². The van der Waals surface area contributed by atoms with Crippen LogP contribution in [0.1, 0.15) is 11.1 Å². The molecule has 2 N–H and O–H groups in total. The van der Waals surface area contributed by atoms with Gasteiger partial charge in [0.25, 0.3) is 6.02 Å². The summed E-state index contributed by atoms with van der Waals surface area (Å²) in [5.74, 6) is -2.44. The van der Waals surface area contributed by atoms with Crippen LogP contribution >= 0.6 is 0 Å². The highest BCUT2D eigenvalue weighted by Gasteiger charge is 2.51. The Hall–Kier alpha value is -3.94. The van der Waals surface area contributed by atoms with Gasteiger partial charge in [-0.15, -0.1) is 0 Å². The Morgan fingerprint density at radius 3 is 2.38 bits per heavy atom. The Kier molecular flexibility index (Phi) is 4.69. The summed E-state index contributed by atoms with van der Waals surface area (Å²) in [5.41, 5.74) is 0.172. The van der Waals surface area contributed by atoms with Crippen molar-refractivity contribution in [1.29, 1.82) is 0 Å². The predicted octanol–water partition coefficient (Wildman–Crippen LogP) is 3.21. The fraction of sp³-hybridized carbons (Fsp3) is 0.150. The molecule has 2 aliphatic rings. The average Bonchev–Trinajstić information content (AvgIpc) is 3.17. The summed E-state index contributed by atoms with van der Waals surface area (Å²) in [6, 6.07) is 6.21. The number of amidine groups is 1. The third-order valence-electron chi connectivity index (χ3n) is 5.23. The first kappa shape index (κ1) is 21.9. The molecule has 176 valence electrons. The van der Waals surface area contributed by atoms with Crippen molar-refractivity contribution >= 4 is 16.1 Å². The number of alkyl halides is 3. The Balaban J connectivity index is 1.69. The molecule has 0 bridgehead atoms. The normalized spacial score (nSPS) is 19.0. The van der Waals surface area contributed by atoms with E-state index in [0.29, 0.717) is 22.8 Å². The minimum absolute atomic E-state index is 0.00399. The second kappa shape index (κ2) is 7.28. The van der Waals surface area contributed by atoms with Gasteiger partial charge in [0.2, 0.25) is 0 Å². The van der Waals surface area contributed by atoms with Gasteiger partial charge in [0.1, 0.15) is 24.4 Å². The summed E-state index contributed by atoms with van der Waals surface area (Å²) in [4.78, 5) is 12.3. The van der Waals surface area contributed by atoms with Crippen LogP contribution in [0.3, 0.4) is 0 Å². The first-order chi connectivity index (χ1) is 16.0. The van der Waals surface area contributed by atoms with Gasteiger partial charge in [0, 0.05) is 35.2 Å². The summed E-state index contributed by atoms with van der Waals surface area (Å²) in [6.45, 7) is -0.214. The van der Waals surface area contributed by atoms with Gasteiger partial charge in [-0.3, -0.25) is 0 Å². The number of fused-ring (bicyclic) bond motifs is 4. The van der Waals surface area contributed by atoms with Gasteiger partial charge in [-0.2, -0.15) is 21.6 Å². The maximum absolute atomic E-state index is 14.6. The van der Waals surface area contributed by atoms with E-state index in [2.05, 4.69) is 19.1 Å². The third-order valence-corrected chi connectivity index (χ3v) is 6.20. The monoisotopic (exact) mass is 496 g/mol. The standard InChI is InChI=1S/C20H12F4N4O5S/c21-14-5-16-13(4-17(14)33-34(29,30)20(22,23)24)19(8-31-18(25)28-19)12-3-10(1-2-15(12)32-16)11-6-26-9-27-7-11/h1-7,9H,8H2,(H2,25,28). The first-order valence-corrected chi connectivity index (χ1v) is 10.8. The molecule has 3 aromatic rings. The lowest BCUT2D eigenvalue weighted by molar-refractivity contribution is -0.0501. The lowest BCUT2D eigenvalue weighted by Crippen LogP contribution is -2.32. The van der Waals surface area contributed by atoms with Gasteiger partial charge in [-0.25, -0.2) is 19.4 Å². The van der Waals surface area contributed by atoms with Crippen molar-refractivity contribution in [2.45, 2.75) is 11.0 Å². The fourth-order valence-corrected chi connectivity index (χ4v) is 4.17. The zero-order chi connectivity index (χ0) is 24.3. The molecule has 3 heterocycles. The molecule has 0 saturated heterocycles. The molecule has 5 rings (SSSR count). The molecule has 2 aromatic carbocycles. The van der Waals surface area contributed by atoms with Gasteiger partial charge in [-0.05, 0) is 23.8 Å². The van der Waals surface area contributed by atoms with E-state index in [1.807, 2.05) is 0 Å². The topological polar surface area (TPSA) is 126 Å². The molecule has 14 heteroatoms. The number of hydrogen-bond donors (Lipinski definition) is 1. The van der Waals surface area contributed by atoms with Crippen LogP contribution in [0.2, 0.25) is 0 Å². The molecule has 0 aliphatic carbocycles. The summed E-state index contributed by atoms with van der Waals surface area (Å²) in [5, 5.41) is 0. The minimum atomic E-state index is -6.14. The van der Waals surface area contributed by atoms with E-state index >= 15 is 0 Å². The fourth-order valence-electron chi connectivity index (χ4n) is 3.71. The molecule has 0 saturated carbocycles. The molecular weight excluding hydrogens is 484 g/mol. The van der Waals surface area contributed by atoms with Crippen LogP contribution in [0.4, 0.5) is 17.6 Å². The zero-order valence-corrected chi connectivity index (χ0v) is 17.5. The molecule has 2 aliphatic heterocycles. The van der Waals surface area contributed by atoms with Crippen LogP contribution in [-0.2, 0) is 20.4 Å². The molecule has 1 unspecified atom stereocenters. The van der Waals surface area contributed by atoms with Crippen molar-refractivity contribution in [2.24, 2.45) is 10.7 Å². The van der Waals surface area contributed by atoms with Crippen LogP contribution in [0.5, 0.6) is 17.2 Å². The predicted molar refractivity (Wildman–Crippen MR) is 108 cm³/mol. The van der Waals surface area contributed by atoms with Crippen molar-refractivity contribution in [3.05, 3.63) is 66.0 Å². The Morgan fingerprint density at radius 1 is 1.03 bits per heavy atom. The van der Waals surface area contributed by atoms with Crippen LogP contribution in [-0.4, -0.2) is 36.5 Å². The van der Waals surface area contributed by atoms with Gasteiger partial charge in [0.05, 0.1) is 0 Å². The van der Waals surface area contributed by atoms with E-state index in [9.17, 15) is 26.0 Å². The van der Waals surface area contributed by atoms with E-state index in [-0.39, 0.29) is 29.7 Å². The van der Waals surface area contributed by atoms with Crippen molar-refractivity contribution < 1.29 is 39.6 Å². The second-order valence-electron chi connectivity index (χ2n) is 7.30. The lowest BCUT2D eigenvalue weighted by Gasteiger charge is -2.34. The van der Waals surface area contributed by atoms with Gasteiger partial charge in [-0.1, -0.05) is 6.07 Å². The van der Waals surface area contributed by atoms with Crippen molar-refractivity contribution in [3.8, 4) is 28.4 Å². The van der Waals surface area contributed by atoms with E-state index in [1.165, 1.54) is 6.33 Å². The van der Waals surface area contributed by atoms with E-state index < -0.39 is 32.7 Å². The van der Waals surface area contributed by atoms with Crippen LogP contribution in [0.25, 0.3) is 11.1 Å². The molecule has 1 aromatic heterocycles. The molecule has 1 spiro atoms. The van der Waals surface area contributed by atoms with Crippen LogP contribution in [0, 0.1) is 5.82 Å². The summed E-state index contributed by atoms with van der Waals surface area (Å²) in [6.07, 6.45) is 4.47. The second-order valence-corrected chi connectivity index (χ2v) is 8.84. The highest BCUT2D eigenvalue weighted by molar-refractivity contribution is 7.88. The molecule has 34 heavy (non-hydrogen) atoms. The number of nitrogens with two attached hydrogens (primary N) is 1. The highest BCUT2D eigenvalue weighted by Crippen LogP contribution is 2.53. The van der Waals surface area contributed by atoms with E-state index in [0.717, 1.165) is 6.07 Å². The smallest absolute Gasteiger partial charge is 0.462 e. The minimum Gasteiger partial charge on any atom is -0.462 e. The number of nitrogens with zero attached hydrogens (tertiary/aromatic N) is 3. The van der Waals surface area contributed by atoms with Crippen molar-refractivity contribution in [1.82, 2.24) is 9.97 Å². The number of rotatable bonds is 3. The number of ether oxygens (including phenoxy) is 2. The largest absolute Gasteiger partial charge is 0.534 e. The van der Waals surface area contributed by atoms with Crippen LogP contribution < -0.4 is 14.7 Å². The Morgan fingerprint density at radius 2 is 1.74 bits per heavy atom. The molecule has 0 fully saturated rings. The van der Waals surface area contributed by atoms with E-state index in [4.69, 9.17) is 15.2 Å². The maximum atomic E-state index is 14.6. The maximum Gasteiger partial charge on any atom is 0.534 e. The highest BCUT2D eigenvalue weighted by atomic mass is 32.2. The number of aromatic nitrogens is 2. The Bertz CT molecular complexity index is 1450. The molecule has 9 nitrogen and oxygen atoms in total. The quantitative estimate of drug-likeness (QED) is 0.333. The SMILES string of the molecule is NC1=NC2(CO1)c1cc(-c3cncnc3)ccc1Oc1cc(F)c(OS(=O)(=O)C(F)(F)F)cc12. The summed E-state index contributed by atoms with van der Waals surface area (Å²) >= 11 is 0. The summed E-state index contributed by atoms with van der Waals surface area (Å²) in [7, 11) is -6.14. The Labute approximate surface area is 189 Å². The number of aliphatic imine (C=N–C) groups is 1. The lowest BCUT2D eigenvalue weighted by atomic mass is 9.80. The third kappa shape index (κ3) is 3.37. The average molecular weight is 496 g/mol. The van der Waals surface area contributed by atoms with Crippen LogP contribution in [0.15, 0.2) is 54.0 Å². The molecule has 1 atom stereocenters. The van der Waals surface area contributed by atoms with E-state index in [1.54, 1.807) is 30.6 Å². The number of benzene rings is 2. The molecule has 0 radical (unpaired) electrons. The zero-order valence-electron chi connectivity index (χ0n) is 16.7. The van der Waals surface area contributed by atoms with Crippen molar-refractivity contribution in [3.63, 3.8) is 0 Å². The number of halogens is 4. The molecular formula is C20H12F4N4O5S. The summed E-state index contributed by atoms with van der Waals surface area (Å²) < 4.78 is 91.1. The van der Waals surface area contributed by atoms with Crippen molar-refractivity contribution in [2.75, 3.05) is 6.61 Å².